The maximum atomic E-state index is 9.98. The van der Waals surface area contributed by atoms with E-state index < -0.39 is 17.9 Å². The minimum absolute atomic E-state index is 0.903. The van der Waals surface area contributed by atoms with E-state index in [9.17, 15) is 14.4 Å². The van der Waals surface area contributed by atoms with Crippen LogP contribution in [0.15, 0.2) is 120 Å². The van der Waals surface area contributed by atoms with Crippen molar-refractivity contribution in [2.75, 3.05) is 0 Å². The lowest BCUT2D eigenvalue weighted by molar-refractivity contribution is -0.132. The van der Waals surface area contributed by atoms with Gasteiger partial charge >= 0.3 is 17.9 Å². The van der Waals surface area contributed by atoms with Crippen LogP contribution in [0.4, 0.5) is 0 Å². The van der Waals surface area contributed by atoms with Gasteiger partial charge in [-0.15, -0.1) is 0 Å². The molecule has 0 aliphatic carbocycles. The van der Waals surface area contributed by atoms with Crippen LogP contribution in [0.2, 0.25) is 0 Å². The van der Waals surface area contributed by atoms with Gasteiger partial charge in [0.15, 0.2) is 0 Å². The fourth-order valence-electron chi connectivity index (χ4n) is 1.10. The van der Waals surface area contributed by atoms with Gasteiger partial charge in [-0.3, -0.25) is 0 Å². The van der Waals surface area contributed by atoms with E-state index in [0.29, 0.717) is 0 Å². The van der Waals surface area contributed by atoms with E-state index in [1.54, 1.807) is 36.5 Å². The predicted octanol–water partition coefficient (Wildman–Crippen LogP) is 5.34. The molecular weight excluding hydrogens is 408 g/mol. The van der Waals surface area contributed by atoms with E-state index in [1.165, 1.54) is 6.08 Å². The topological polar surface area (TPSA) is 112 Å². The SMILES string of the molecule is CC=CC=C=C=CC(=O)O.CC=CC=C=C=CC(=O)O.CC=CC=CC=CC=CC(=O)O. The number of hydrogen-bond donors (Lipinski definition) is 3. The first-order chi connectivity index (χ1) is 15.3. The number of carboxylic acids is 3. The molecule has 0 saturated carbocycles. The molecule has 0 aromatic heterocycles. The van der Waals surface area contributed by atoms with E-state index in [2.05, 4.69) is 22.9 Å². The van der Waals surface area contributed by atoms with Crippen LogP contribution in [0.3, 0.4) is 0 Å². The van der Waals surface area contributed by atoms with Crippen molar-refractivity contribution < 1.29 is 29.7 Å². The molecule has 0 spiro atoms. The van der Waals surface area contributed by atoms with Crippen LogP contribution in [-0.2, 0) is 14.4 Å². The zero-order chi connectivity index (χ0) is 24.9. The second-order valence-electron chi connectivity index (χ2n) is 4.92. The smallest absolute Gasteiger partial charge is 0.336 e. The summed E-state index contributed by atoms with van der Waals surface area (Å²) >= 11 is 0. The van der Waals surface area contributed by atoms with Crippen LogP contribution in [-0.4, -0.2) is 33.2 Å². The summed E-state index contributed by atoms with van der Waals surface area (Å²) in [7, 11) is 0. The first-order valence-electron chi connectivity index (χ1n) is 9.20. The highest BCUT2D eigenvalue weighted by Gasteiger charge is 1.79. The van der Waals surface area contributed by atoms with Crippen LogP contribution >= 0.6 is 0 Å². The number of carboxylic acid groups (broad SMARTS) is 3. The second-order valence-corrected chi connectivity index (χ2v) is 4.92. The van der Waals surface area contributed by atoms with Crippen molar-refractivity contribution >= 4 is 17.9 Å². The predicted molar refractivity (Wildman–Crippen MR) is 127 cm³/mol. The molecule has 0 aliphatic rings. The maximum absolute atomic E-state index is 9.98. The molecule has 0 aliphatic heterocycles. The number of carbonyl (C=O) groups is 3. The number of allylic oxidation sites excluding steroid dienone is 13. The first kappa shape index (κ1) is 32.1. The van der Waals surface area contributed by atoms with Crippen molar-refractivity contribution in [1.82, 2.24) is 0 Å². The monoisotopic (exact) mass is 436 g/mol. The van der Waals surface area contributed by atoms with E-state index in [4.69, 9.17) is 15.3 Å². The quantitative estimate of drug-likeness (QED) is 0.269. The summed E-state index contributed by atoms with van der Waals surface area (Å²) in [6.07, 6.45) is 25.6. The maximum Gasteiger partial charge on any atom is 0.336 e. The lowest BCUT2D eigenvalue weighted by Gasteiger charge is -1.74. The van der Waals surface area contributed by atoms with E-state index >= 15 is 0 Å². The fourth-order valence-corrected chi connectivity index (χ4v) is 1.10. The summed E-state index contributed by atoms with van der Waals surface area (Å²) in [5, 5.41) is 24.4. The summed E-state index contributed by atoms with van der Waals surface area (Å²) in [5.41, 5.74) is 9.72. The molecular formula is C26H28O6. The third kappa shape index (κ3) is 44.7. The molecule has 168 valence electrons. The summed E-state index contributed by atoms with van der Waals surface area (Å²) < 4.78 is 0. The van der Waals surface area contributed by atoms with Gasteiger partial charge in [0.1, 0.15) is 0 Å². The van der Waals surface area contributed by atoms with Crippen molar-refractivity contribution in [3.05, 3.63) is 120 Å². The van der Waals surface area contributed by atoms with Gasteiger partial charge in [0.05, 0.1) is 12.2 Å². The number of aliphatic carboxylic acids is 3. The van der Waals surface area contributed by atoms with Crippen molar-refractivity contribution in [2.24, 2.45) is 0 Å². The third-order valence-corrected chi connectivity index (χ3v) is 2.29. The molecule has 6 nitrogen and oxygen atoms in total. The number of rotatable bonds is 8. The molecule has 3 N–H and O–H groups in total. The zero-order valence-corrected chi connectivity index (χ0v) is 18.3. The van der Waals surface area contributed by atoms with Crippen molar-refractivity contribution in [3.8, 4) is 0 Å². The minimum atomic E-state index is -1.01. The summed E-state index contributed by atoms with van der Waals surface area (Å²) in [6, 6.07) is 0. The highest BCUT2D eigenvalue weighted by molar-refractivity contribution is 5.80. The lowest BCUT2D eigenvalue weighted by atomic mass is 10.4. The Kier molecular flexibility index (Phi) is 28.8. The summed E-state index contributed by atoms with van der Waals surface area (Å²) in [6.45, 7) is 5.65. The van der Waals surface area contributed by atoms with Crippen LogP contribution in [0, 0.1) is 0 Å². The summed E-state index contributed by atoms with van der Waals surface area (Å²) in [4.78, 5) is 29.7. The molecule has 0 heterocycles. The average molecular weight is 437 g/mol. The molecule has 0 unspecified atom stereocenters. The van der Waals surface area contributed by atoms with Crippen LogP contribution in [0.25, 0.3) is 0 Å². The minimum Gasteiger partial charge on any atom is -0.478 e. The highest BCUT2D eigenvalue weighted by Crippen LogP contribution is 1.81. The Bertz CT molecular complexity index is 875. The molecule has 0 saturated heterocycles. The van der Waals surface area contributed by atoms with Crippen LogP contribution in [0.5, 0.6) is 0 Å². The normalized spacial score (nSPS) is 9.84. The highest BCUT2D eigenvalue weighted by atomic mass is 16.4. The molecule has 0 atom stereocenters. The van der Waals surface area contributed by atoms with Gasteiger partial charge in [0, 0.05) is 6.08 Å². The van der Waals surface area contributed by atoms with Gasteiger partial charge in [-0.1, -0.05) is 89.8 Å². The lowest BCUT2D eigenvalue weighted by Crippen LogP contribution is -1.84. The van der Waals surface area contributed by atoms with Gasteiger partial charge in [-0.2, -0.15) is 0 Å². The Morgan fingerprint density at radius 1 is 0.500 bits per heavy atom. The van der Waals surface area contributed by atoms with E-state index in [0.717, 1.165) is 18.2 Å². The van der Waals surface area contributed by atoms with E-state index in [1.807, 2.05) is 57.2 Å². The Morgan fingerprint density at radius 3 is 1.22 bits per heavy atom. The van der Waals surface area contributed by atoms with Crippen LogP contribution in [0.1, 0.15) is 20.8 Å². The Labute approximate surface area is 188 Å². The molecule has 0 aromatic carbocycles. The standard InChI is InChI=1S/C10H12O2.2C8H8O2/c1-2-3-4-5-6-7-8-9-10(11)12;2*1-2-3-4-5-6-7-8(9)10/h2-9H,1H3,(H,11,12);2*2-4,7H,1H3,(H,9,10). The van der Waals surface area contributed by atoms with Gasteiger partial charge in [0.25, 0.3) is 0 Å². The number of hydrogen-bond acceptors (Lipinski definition) is 3. The second kappa shape index (κ2) is 28.7. The van der Waals surface area contributed by atoms with Crippen molar-refractivity contribution in [2.45, 2.75) is 20.8 Å². The van der Waals surface area contributed by atoms with Gasteiger partial charge in [-0.25, -0.2) is 14.4 Å². The fraction of sp³-hybridized carbons (Fsp3) is 0.115. The molecule has 32 heavy (non-hydrogen) atoms. The Morgan fingerprint density at radius 2 is 0.875 bits per heavy atom. The van der Waals surface area contributed by atoms with Crippen molar-refractivity contribution in [3.63, 3.8) is 0 Å². The molecule has 0 rings (SSSR count). The third-order valence-electron chi connectivity index (χ3n) is 2.29. The summed E-state index contributed by atoms with van der Waals surface area (Å²) in [5.74, 6) is -2.96. The molecule has 6 heteroatoms. The molecule has 0 radical (unpaired) electrons. The Hall–Kier alpha value is -4.55. The molecule has 0 amide bonds. The van der Waals surface area contributed by atoms with Crippen LogP contribution < -0.4 is 0 Å². The Balaban J connectivity index is -0.000000397. The van der Waals surface area contributed by atoms with Crippen molar-refractivity contribution in [1.29, 1.82) is 0 Å². The first-order valence-corrected chi connectivity index (χ1v) is 9.20. The average Bonchev–Trinajstić information content (AvgIpc) is 2.73. The van der Waals surface area contributed by atoms with E-state index in [-0.39, 0.29) is 0 Å². The van der Waals surface area contributed by atoms with Gasteiger partial charge in [-0.05, 0) is 32.9 Å². The molecule has 0 aromatic rings. The largest absolute Gasteiger partial charge is 0.478 e. The van der Waals surface area contributed by atoms with Gasteiger partial charge in [0.2, 0.25) is 0 Å². The molecule has 0 fully saturated rings. The molecule has 0 bridgehead atoms. The van der Waals surface area contributed by atoms with Gasteiger partial charge < -0.3 is 15.3 Å². The zero-order valence-electron chi connectivity index (χ0n) is 18.3.